The van der Waals surface area contributed by atoms with Crippen molar-refractivity contribution in [1.29, 1.82) is 0 Å². The van der Waals surface area contributed by atoms with Crippen LogP contribution in [0.3, 0.4) is 0 Å². The molecule has 2 bridgehead atoms. The Kier molecular flexibility index (Phi) is 4.36. The molecule has 28 heavy (non-hydrogen) atoms. The van der Waals surface area contributed by atoms with Crippen LogP contribution in [0.2, 0.25) is 5.15 Å². The molecule has 0 spiro atoms. The fourth-order valence-electron chi connectivity index (χ4n) is 3.81. The van der Waals surface area contributed by atoms with Crippen LogP contribution in [0.4, 0.5) is 11.6 Å². The van der Waals surface area contributed by atoms with E-state index in [4.69, 9.17) is 26.2 Å². The topological polar surface area (TPSA) is 91.9 Å². The van der Waals surface area contributed by atoms with Crippen LogP contribution < -0.4 is 10.1 Å². The van der Waals surface area contributed by atoms with Crippen molar-refractivity contribution in [2.75, 3.05) is 25.1 Å². The zero-order valence-electron chi connectivity index (χ0n) is 15.9. The van der Waals surface area contributed by atoms with Crippen LogP contribution in [-0.4, -0.2) is 49.3 Å². The minimum Gasteiger partial charge on any atom is -0.475 e. The van der Waals surface area contributed by atoms with E-state index in [0.29, 0.717) is 41.8 Å². The van der Waals surface area contributed by atoms with Crippen molar-refractivity contribution in [3.63, 3.8) is 0 Å². The van der Waals surface area contributed by atoms with Crippen LogP contribution >= 0.6 is 11.6 Å². The lowest BCUT2D eigenvalue weighted by Crippen LogP contribution is -2.21. The molecule has 0 aromatic carbocycles. The number of hydrogen-bond acceptors (Lipinski definition) is 7. The van der Waals surface area contributed by atoms with Crippen LogP contribution in [0.5, 0.6) is 5.88 Å². The van der Waals surface area contributed by atoms with Gasteiger partial charge in [0.15, 0.2) is 10.8 Å². The van der Waals surface area contributed by atoms with Gasteiger partial charge in [-0.1, -0.05) is 18.5 Å². The normalized spacial score (nSPS) is 20.5. The lowest BCUT2D eigenvalue weighted by atomic mass is 10.1. The number of aromatic nitrogens is 6. The maximum Gasteiger partial charge on any atom is 0.257 e. The molecule has 3 aromatic heterocycles. The third kappa shape index (κ3) is 2.98. The second-order valence-corrected chi connectivity index (χ2v) is 7.86. The molecule has 1 N–H and O–H groups in total. The van der Waals surface area contributed by atoms with E-state index >= 15 is 0 Å². The zero-order valence-corrected chi connectivity index (χ0v) is 16.6. The van der Waals surface area contributed by atoms with Crippen molar-refractivity contribution >= 4 is 34.3 Å². The summed E-state index contributed by atoms with van der Waals surface area (Å²) in [6, 6.07) is 0.306. The van der Waals surface area contributed by atoms with Gasteiger partial charge in [-0.2, -0.15) is 10.1 Å². The van der Waals surface area contributed by atoms with Crippen LogP contribution in [0, 0.1) is 12.8 Å². The van der Waals surface area contributed by atoms with Gasteiger partial charge in [0.05, 0.1) is 23.7 Å². The zero-order chi connectivity index (χ0) is 19.3. The quantitative estimate of drug-likeness (QED) is 0.667. The third-order valence-corrected chi connectivity index (χ3v) is 5.60. The number of nitrogens with zero attached hydrogens (tertiary/aromatic N) is 6. The van der Waals surface area contributed by atoms with Gasteiger partial charge in [-0.25, -0.2) is 9.67 Å². The first kappa shape index (κ1) is 17.7. The van der Waals surface area contributed by atoms with E-state index in [1.807, 2.05) is 11.6 Å². The number of anilines is 2. The van der Waals surface area contributed by atoms with E-state index in [-0.39, 0.29) is 5.92 Å². The molecule has 0 aliphatic carbocycles. The summed E-state index contributed by atoms with van der Waals surface area (Å²) in [5.41, 5.74) is 2.52. The molecule has 5 heterocycles. The van der Waals surface area contributed by atoms with Gasteiger partial charge in [0, 0.05) is 31.9 Å². The molecule has 5 rings (SSSR count). The fraction of sp³-hybridized carbons (Fsp3) is 0.556. The summed E-state index contributed by atoms with van der Waals surface area (Å²) in [4.78, 5) is 9.07. The van der Waals surface area contributed by atoms with Crippen molar-refractivity contribution in [3.05, 3.63) is 17.0 Å². The highest BCUT2D eigenvalue weighted by molar-refractivity contribution is 6.34. The summed E-state index contributed by atoms with van der Waals surface area (Å²) in [7, 11) is 0. The molecule has 148 valence electrons. The van der Waals surface area contributed by atoms with Crippen molar-refractivity contribution in [3.8, 4) is 5.88 Å². The SMILES string of the molecule is Cc1c2c(nn1C1CCOCC1)OC[C@@H](C)Cn1nc(Cl)c3cnc(nc31)N2. The van der Waals surface area contributed by atoms with Gasteiger partial charge in [0.25, 0.3) is 5.88 Å². The summed E-state index contributed by atoms with van der Waals surface area (Å²) in [5.74, 6) is 1.26. The van der Waals surface area contributed by atoms with Crippen LogP contribution in [0.1, 0.15) is 31.5 Å². The van der Waals surface area contributed by atoms with E-state index in [0.717, 1.165) is 42.8 Å². The van der Waals surface area contributed by atoms with Crippen molar-refractivity contribution < 1.29 is 9.47 Å². The smallest absolute Gasteiger partial charge is 0.257 e. The summed E-state index contributed by atoms with van der Waals surface area (Å²) < 4.78 is 15.5. The fourth-order valence-corrected chi connectivity index (χ4v) is 4.04. The lowest BCUT2D eigenvalue weighted by Gasteiger charge is -2.23. The number of rotatable bonds is 1. The molecule has 1 fully saturated rings. The number of hydrogen-bond donors (Lipinski definition) is 1. The van der Waals surface area contributed by atoms with E-state index in [2.05, 4.69) is 32.0 Å². The standard InChI is InChI=1S/C18H22ClN7O2/c1-10-8-25-16-13(15(19)23-25)7-20-18(22-16)21-14-11(2)26(24-17(14)28-9-10)12-3-5-27-6-4-12/h7,10,12H,3-6,8-9H2,1-2H3,(H,20,21,22)/t10-/m0/s1. The first-order chi connectivity index (χ1) is 13.6. The van der Waals surface area contributed by atoms with Gasteiger partial charge >= 0.3 is 0 Å². The molecular formula is C18H22ClN7O2. The Labute approximate surface area is 167 Å². The Bertz CT molecular complexity index is 1020. The average Bonchev–Trinajstić information content (AvgIpc) is 3.17. The summed E-state index contributed by atoms with van der Waals surface area (Å²) in [6.07, 6.45) is 3.59. The Morgan fingerprint density at radius 1 is 1.25 bits per heavy atom. The second kappa shape index (κ2) is 6.89. The Balaban J connectivity index is 1.60. The summed E-state index contributed by atoms with van der Waals surface area (Å²) >= 11 is 6.26. The van der Waals surface area contributed by atoms with E-state index in [1.54, 1.807) is 6.20 Å². The average molecular weight is 404 g/mol. The number of fused-ring (bicyclic) bond motifs is 2. The van der Waals surface area contributed by atoms with Crippen LogP contribution in [-0.2, 0) is 11.3 Å². The van der Waals surface area contributed by atoms with Gasteiger partial charge in [0.2, 0.25) is 5.95 Å². The first-order valence-corrected chi connectivity index (χ1v) is 9.93. The van der Waals surface area contributed by atoms with Gasteiger partial charge < -0.3 is 14.8 Å². The molecule has 1 atom stereocenters. The van der Waals surface area contributed by atoms with Crippen molar-refractivity contribution in [2.45, 2.75) is 39.3 Å². The Morgan fingerprint density at radius 3 is 2.89 bits per heavy atom. The first-order valence-electron chi connectivity index (χ1n) is 9.56. The molecule has 3 aromatic rings. The van der Waals surface area contributed by atoms with E-state index in [1.165, 1.54) is 0 Å². The molecule has 0 unspecified atom stereocenters. The second-order valence-electron chi connectivity index (χ2n) is 7.50. The summed E-state index contributed by atoms with van der Waals surface area (Å²) in [5, 5.41) is 13.6. The van der Waals surface area contributed by atoms with Gasteiger partial charge in [-0.05, 0) is 19.8 Å². The molecule has 1 saturated heterocycles. The maximum absolute atomic E-state index is 6.26. The Hall–Kier alpha value is -2.39. The number of halogens is 1. The highest BCUT2D eigenvalue weighted by atomic mass is 35.5. The molecular weight excluding hydrogens is 382 g/mol. The lowest BCUT2D eigenvalue weighted by molar-refractivity contribution is 0.0651. The molecule has 10 heteroatoms. The van der Waals surface area contributed by atoms with Gasteiger partial charge in [-0.15, -0.1) is 5.10 Å². The summed E-state index contributed by atoms with van der Waals surface area (Å²) in [6.45, 7) is 6.82. The van der Waals surface area contributed by atoms with E-state index < -0.39 is 0 Å². The minimum absolute atomic E-state index is 0.206. The van der Waals surface area contributed by atoms with E-state index in [9.17, 15) is 0 Å². The van der Waals surface area contributed by atoms with Gasteiger partial charge in [0.1, 0.15) is 5.69 Å². The third-order valence-electron chi connectivity index (χ3n) is 5.32. The molecule has 0 radical (unpaired) electrons. The van der Waals surface area contributed by atoms with Crippen LogP contribution in [0.15, 0.2) is 6.20 Å². The van der Waals surface area contributed by atoms with Gasteiger partial charge in [-0.3, -0.25) is 4.68 Å². The number of ether oxygens (including phenoxy) is 2. The molecule has 0 amide bonds. The predicted molar refractivity (Wildman–Crippen MR) is 104 cm³/mol. The highest BCUT2D eigenvalue weighted by Crippen LogP contribution is 2.35. The Morgan fingerprint density at radius 2 is 2.07 bits per heavy atom. The molecule has 9 nitrogen and oxygen atoms in total. The highest BCUT2D eigenvalue weighted by Gasteiger charge is 2.25. The minimum atomic E-state index is 0.206. The molecule has 0 saturated carbocycles. The molecule has 2 aliphatic heterocycles. The van der Waals surface area contributed by atoms with Crippen molar-refractivity contribution in [1.82, 2.24) is 29.5 Å². The van der Waals surface area contributed by atoms with Crippen LogP contribution in [0.25, 0.3) is 11.0 Å². The molecule has 2 aliphatic rings. The van der Waals surface area contributed by atoms with Crippen molar-refractivity contribution in [2.24, 2.45) is 5.92 Å². The largest absolute Gasteiger partial charge is 0.475 e. The predicted octanol–water partition coefficient (Wildman–Crippen LogP) is 3.11. The maximum atomic E-state index is 6.26. The number of nitrogens with one attached hydrogen (secondary N) is 1. The monoisotopic (exact) mass is 403 g/mol.